The fourth-order valence-electron chi connectivity index (χ4n) is 0.397. The molecule has 0 nitrogen and oxygen atoms in total. The Labute approximate surface area is 346 Å². The van der Waals surface area contributed by atoms with Crippen molar-refractivity contribution in [1.82, 2.24) is 0 Å². The van der Waals surface area contributed by atoms with Crippen LogP contribution in [0.15, 0.2) is 0 Å². The van der Waals surface area contributed by atoms with Crippen molar-refractivity contribution in [3.63, 3.8) is 0 Å². The Kier molecular flexibility index (Phi) is 58.0. The molecule has 0 saturated carbocycles. The van der Waals surface area contributed by atoms with Gasteiger partial charge in [-0.3, -0.25) is 0 Å². The van der Waals surface area contributed by atoms with E-state index in [2.05, 4.69) is 0 Å². The molecule has 0 saturated heterocycles. The van der Waals surface area contributed by atoms with Crippen LogP contribution in [-0.4, -0.2) is 0 Å². The first kappa shape index (κ1) is 48.0. The minimum atomic E-state index is 1.38. The van der Waals surface area contributed by atoms with Gasteiger partial charge in [-0.25, -0.2) is 0 Å². The molecule has 39 heavy (non-hydrogen) atoms. The molecule has 0 aromatic rings. The van der Waals surface area contributed by atoms with E-state index in [1.165, 1.54) is 8.88 Å². The van der Waals surface area contributed by atoms with E-state index < -0.39 is 0 Å². The van der Waals surface area contributed by atoms with E-state index in [-0.39, 0.29) is 0 Å². The predicted molar refractivity (Wildman–Crippen MR) is 280 cm³/mol. The Hall–Kier alpha value is 9.05. The van der Waals surface area contributed by atoms with Gasteiger partial charge in [-0.2, -0.15) is 0 Å². The van der Waals surface area contributed by atoms with Gasteiger partial charge in [0.15, 0.2) is 0 Å². The molecule has 0 aromatic carbocycles. The summed E-state index contributed by atoms with van der Waals surface area (Å²) in [5.41, 5.74) is 0. The summed E-state index contributed by atoms with van der Waals surface area (Å²) in [4.78, 5) is 0. The molecule has 0 spiro atoms. The molecule has 0 rings (SSSR count). The summed E-state index contributed by atoms with van der Waals surface area (Å²) in [6.45, 7) is 0. The fraction of sp³-hybridized carbons (Fsp3) is 0. The van der Waals surface area contributed by atoms with Crippen LogP contribution in [0.3, 0.4) is 0 Å². The first-order valence-corrected chi connectivity index (χ1v) is 59.6. The molecule has 0 aliphatic heterocycles. The topological polar surface area (TPSA) is 0 Å². The zero-order chi connectivity index (χ0) is 28.2. The average Bonchev–Trinajstić information content (AvgIpc) is 2.95. The Morgan fingerprint density at radius 1 is 0.205 bits per heavy atom. The second-order valence-electron chi connectivity index (χ2n) is 2.52. The Bertz CT molecular complexity index is 2330. The summed E-state index contributed by atoms with van der Waals surface area (Å²) >= 11 is 6.36. The van der Waals surface area contributed by atoms with Gasteiger partial charge >= 0.3 is 123 Å². The van der Waals surface area contributed by atoms with Crippen molar-refractivity contribution in [2.24, 2.45) is 0 Å². The normalized spacial score (nSPS) is 7.69. The molecule has 39 heteroatoms. The van der Waals surface area contributed by atoms with Crippen molar-refractivity contribution in [2.75, 3.05) is 0 Å². The zero-order valence-corrected chi connectivity index (χ0v) is 49.9. The van der Waals surface area contributed by atoms with E-state index in [9.17, 15) is 0 Å². The maximum atomic E-state index is 4.80. The van der Waals surface area contributed by atoms with E-state index in [4.69, 9.17) is 11.2 Å². The van der Waals surface area contributed by atoms with Crippen LogP contribution >= 0.6 is 0 Å². The summed E-state index contributed by atoms with van der Waals surface area (Å²) < 4.78 is 0. The first-order chi connectivity index (χ1) is 19.4. The SMILES string of the molecule is S=S=S=S=S=S=S=S=S=S=S=S=S=S=S=S=S=S=S=S=S=S=S=S=S=S=S=S=S=S=S=S=S=S=S=S=S=[S]=[W]. The third-order valence-corrected chi connectivity index (χ3v) is 84.9. The summed E-state index contributed by atoms with van der Waals surface area (Å²) in [7, 11) is 66.8. The quantitative estimate of drug-likeness (QED) is 0.328. The summed E-state index contributed by atoms with van der Waals surface area (Å²) in [5, 5.41) is 0. The zero-order valence-electron chi connectivity index (χ0n) is 15.9. The standard InChI is InChI=1S/S38.W/c1-3-5-7-9-11-13-15-17-19-21-23-25-27-29-31-33-35-37-38-36-34-32-30-28-26-24-22-20-18-16-14-12-10-8-6-4-2;. The third-order valence-electron chi connectivity index (χ3n) is 1.00. The molecule has 0 bridgehead atoms. The maximum absolute atomic E-state index is 4.80. The molecular formula is S38W. The Morgan fingerprint density at radius 3 is 0.462 bits per heavy atom. The van der Waals surface area contributed by atoms with Crippen LogP contribution in [0.25, 0.3) is 0 Å². The first-order valence-electron chi connectivity index (χ1n) is 6.33. The molecule has 0 atom stereocenters. The van der Waals surface area contributed by atoms with Crippen molar-refractivity contribution in [3.8, 4) is 0 Å². The Morgan fingerprint density at radius 2 is 0.333 bits per heavy atom. The van der Waals surface area contributed by atoms with Gasteiger partial charge in [-0.15, -0.1) is 0 Å². The predicted octanol–water partition coefficient (Wildman–Crippen LogP) is -0.0937. The van der Waals surface area contributed by atoms with Crippen LogP contribution < -0.4 is 0 Å². The van der Waals surface area contributed by atoms with Crippen LogP contribution in [0.2, 0.25) is 0 Å². The van der Waals surface area contributed by atoms with Gasteiger partial charge in [0, 0.05) is 233 Å². The van der Waals surface area contributed by atoms with Crippen molar-refractivity contribution in [2.45, 2.75) is 0 Å². The molecule has 0 fully saturated rings. The monoisotopic (exact) mass is 1400 g/mol. The van der Waals surface area contributed by atoms with Gasteiger partial charge in [0.05, 0.1) is 0 Å². The third kappa shape index (κ3) is 47.0. The van der Waals surface area contributed by atoms with Crippen molar-refractivity contribution < 1.29 is 18.0 Å². The van der Waals surface area contributed by atoms with Gasteiger partial charge in [0.1, 0.15) is 0 Å². The second-order valence-corrected chi connectivity index (χ2v) is 71.1. The van der Waals surface area contributed by atoms with Crippen molar-refractivity contribution in [1.29, 1.82) is 0 Å². The van der Waals surface area contributed by atoms with E-state index >= 15 is 0 Å². The molecule has 0 radical (unpaired) electrons. The molecular weight excluding hydrogens is 1400 g/mol. The van der Waals surface area contributed by atoms with Crippen molar-refractivity contribution >= 4 is 338 Å². The van der Waals surface area contributed by atoms with Crippen LogP contribution in [0.5, 0.6) is 0 Å². The second kappa shape index (κ2) is 47.0. The molecule has 0 aromatic heterocycles. The number of rotatable bonds is 0. The van der Waals surface area contributed by atoms with Gasteiger partial charge in [-0.1, -0.05) is 0 Å². The minimum absolute atomic E-state index is 1.38. The average molecular weight is 1400 g/mol. The van der Waals surface area contributed by atoms with E-state index in [1.807, 2.05) is 265 Å². The van der Waals surface area contributed by atoms with Crippen LogP contribution in [0.4, 0.5) is 0 Å². The summed E-state index contributed by atoms with van der Waals surface area (Å²) in [5.74, 6) is 0. The van der Waals surface area contributed by atoms with Gasteiger partial charge < -0.3 is 0 Å². The number of hydrogen-bond donors (Lipinski definition) is 0. The van der Waals surface area contributed by atoms with Crippen LogP contribution in [-0.2, 0) is 356 Å². The molecule has 0 N–H and O–H groups in total. The van der Waals surface area contributed by atoms with Crippen molar-refractivity contribution in [3.05, 3.63) is 0 Å². The molecule has 0 aliphatic rings. The summed E-state index contributed by atoms with van der Waals surface area (Å²) in [6.07, 6.45) is 0. The van der Waals surface area contributed by atoms with E-state index in [0.29, 0.717) is 0 Å². The van der Waals surface area contributed by atoms with Gasteiger partial charge in [0.25, 0.3) is 0 Å². The van der Waals surface area contributed by atoms with E-state index in [1.54, 1.807) is 71.3 Å². The molecule has 0 amide bonds. The molecule has 234 valence electrons. The summed E-state index contributed by atoms with van der Waals surface area (Å²) in [6, 6.07) is 0. The van der Waals surface area contributed by atoms with E-state index in [0.717, 1.165) is 0 Å². The Balaban J connectivity index is 6.02. The number of hydrogen-bond acceptors (Lipinski definition) is 1. The van der Waals surface area contributed by atoms with Crippen LogP contribution in [0, 0.1) is 0 Å². The van der Waals surface area contributed by atoms with Gasteiger partial charge in [0.2, 0.25) is 0 Å². The fourth-order valence-corrected chi connectivity index (χ4v) is 101. The molecule has 0 aliphatic carbocycles. The molecule has 0 heterocycles. The van der Waals surface area contributed by atoms with Crippen LogP contribution in [0.1, 0.15) is 0 Å². The van der Waals surface area contributed by atoms with Gasteiger partial charge in [-0.05, 0) is 0 Å². The molecule has 0 unspecified atom stereocenters.